The third-order valence-electron chi connectivity index (χ3n) is 5.12. The summed E-state index contributed by atoms with van der Waals surface area (Å²) in [7, 11) is 0. The number of para-hydroxylation sites is 1. The number of rotatable bonds is 8. The molecule has 0 radical (unpaired) electrons. The fourth-order valence-corrected chi connectivity index (χ4v) is 3.56. The molecule has 4 aromatic rings. The molecule has 31 heavy (non-hydrogen) atoms. The number of carbonyl (C=O) groups is 1. The molecule has 0 bridgehead atoms. The Labute approximate surface area is 185 Å². The zero-order valence-electron chi connectivity index (χ0n) is 17.0. The number of benzene rings is 3. The van der Waals surface area contributed by atoms with E-state index < -0.39 is 0 Å². The summed E-state index contributed by atoms with van der Waals surface area (Å²) in [6.07, 6.45) is 3.83. The van der Waals surface area contributed by atoms with Crippen LogP contribution < -0.4 is 5.32 Å². The number of hydrogen-bond donors (Lipinski definition) is 2. The molecule has 0 unspecified atom stereocenters. The van der Waals surface area contributed by atoms with Crippen LogP contribution >= 0.6 is 11.6 Å². The standard InChI is InChI=1S/C25H23ClN2O3/c26-19-12-10-18(11-13-19)25-28-21-16-17(9-14-23(21)31-25)6-2-1-5-15-27-24(30)20-7-3-4-8-22(20)29/h3-4,7-14,16,29H,1-2,5-6,15H2,(H,27,30). The average Bonchev–Trinajstić information content (AvgIpc) is 3.20. The Kier molecular flexibility index (Phi) is 6.53. The minimum absolute atomic E-state index is 0.00229. The molecule has 0 saturated heterocycles. The summed E-state index contributed by atoms with van der Waals surface area (Å²) in [6, 6.07) is 20.1. The van der Waals surface area contributed by atoms with E-state index in [0.29, 0.717) is 23.0 Å². The Morgan fingerprint density at radius 2 is 1.81 bits per heavy atom. The molecular weight excluding hydrogens is 412 g/mol. The molecule has 4 rings (SSSR count). The summed E-state index contributed by atoms with van der Waals surface area (Å²) in [6.45, 7) is 0.583. The molecule has 1 amide bonds. The van der Waals surface area contributed by atoms with Crippen LogP contribution in [-0.4, -0.2) is 22.5 Å². The minimum atomic E-state index is -0.244. The topological polar surface area (TPSA) is 75.4 Å². The van der Waals surface area contributed by atoms with Gasteiger partial charge < -0.3 is 14.8 Å². The Morgan fingerprint density at radius 3 is 2.61 bits per heavy atom. The average molecular weight is 435 g/mol. The lowest BCUT2D eigenvalue weighted by Crippen LogP contribution is -2.24. The molecule has 0 aliphatic rings. The summed E-state index contributed by atoms with van der Waals surface area (Å²) in [4.78, 5) is 16.7. The highest BCUT2D eigenvalue weighted by molar-refractivity contribution is 6.30. The first-order valence-electron chi connectivity index (χ1n) is 10.3. The largest absolute Gasteiger partial charge is 0.507 e. The number of nitrogens with one attached hydrogen (secondary N) is 1. The van der Waals surface area contributed by atoms with Gasteiger partial charge in [0.15, 0.2) is 5.58 Å². The predicted octanol–water partition coefficient (Wildman–Crippen LogP) is 6.00. The third kappa shape index (κ3) is 5.25. The van der Waals surface area contributed by atoms with Gasteiger partial charge in [0, 0.05) is 17.1 Å². The van der Waals surface area contributed by atoms with Crippen LogP contribution in [0, 0.1) is 0 Å². The molecule has 5 nitrogen and oxygen atoms in total. The maximum atomic E-state index is 12.1. The van der Waals surface area contributed by atoms with Crippen LogP contribution in [0.25, 0.3) is 22.6 Å². The molecule has 0 aliphatic heterocycles. The Bertz CT molecular complexity index is 1190. The minimum Gasteiger partial charge on any atom is -0.507 e. The number of halogens is 1. The van der Waals surface area contributed by atoms with Crippen LogP contribution in [0.5, 0.6) is 5.75 Å². The van der Waals surface area contributed by atoms with Crippen molar-refractivity contribution in [3.8, 4) is 17.2 Å². The van der Waals surface area contributed by atoms with Crippen LogP contribution in [0.1, 0.15) is 35.2 Å². The highest BCUT2D eigenvalue weighted by Crippen LogP contribution is 2.26. The van der Waals surface area contributed by atoms with Crippen molar-refractivity contribution in [3.63, 3.8) is 0 Å². The lowest BCUT2D eigenvalue weighted by Gasteiger charge is -2.06. The fourth-order valence-electron chi connectivity index (χ4n) is 3.44. The van der Waals surface area contributed by atoms with Gasteiger partial charge in [-0.1, -0.05) is 36.2 Å². The Balaban J connectivity index is 1.25. The van der Waals surface area contributed by atoms with Crippen LogP contribution in [0.15, 0.2) is 71.1 Å². The van der Waals surface area contributed by atoms with Crippen molar-refractivity contribution in [2.75, 3.05) is 6.54 Å². The second kappa shape index (κ2) is 9.67. The zero-order valence-corrected chi connectivity index (χ0v) is 17.7. The number of fused-ring (bicyclic) bond motifs is 1. The monoisotopic (exact) mass is 434 g/mol. The van der Waals surface area contributed by atoms with Gasteiger partial charge in [-0.3, -0.25) is 4.79 Å². The van der Waals surface area contributed by atoms with E-state index in [1.165, 1.54) is 11.6 Å². The first-order valence-corrected chi connectivity index (χ1v) is 10.7. The van der Waals surface area contributed by atoms with Crippen molar-refractivity contribution in [2.24, 2.45) is 0 Å². The number of phenols is 1. The van der Waals surface area contributed by atoms with Crippen LogP contribution in [0.3, 0.4) is 0 Å². The molecule has 6 heteroatoms. The highest BCUT2D eigenvalue weighted by atomic mass is 35.5. The summed E-state index contributed by atoms with van der Waals surface area (Å²) >= 11 is 5.95. The van der Waals surface area contributed by atoms with Gasteiger partial charge in [-0.25, -0.2) is 4.98 Å². The van der Waals surface area contributed by atoms with Crippen molar-refractivity contribution >= 4 is 28.6 Å². The van der Waals surface area contributed by atoms with Crippen molar-refractivity contribution in [3.05, 3.63) is 82.9 Å². The molecular formula is C25H23ClN2O3. The first kappa shape index (κ1) is 20.9. The molecule has 0 fully saturated rings. The van der Waals surface area contributed by atoms with Crippen LogP contribution in [0.2, 0.25) is 5.02 Å². The Morgan fingerprint density at radius 1 is 1.00 bits per heavy atom. The molecule has 2 N–H and O–H groups in total. The molecule has 0 aliphatic carbocycles. The number of nitrogens with zero attached hydrogens (tertiary/aromatic N) is 1. The number of amides is 1. The summed E-state index contributed by atoms with van der Waals surface area (Å²) < 4.78 is 5.86. The number of aryl methyl sites for hydroxylation is 1. The van der Waals surface area contributed by atoms with Gasteiger partial charge >= 0.3 is 0 Å². The lowest BCUT2D eigenvalue weighted by atomic mass is 10.1. The van der Waals surface area contributed by atoms with Crippen LogP contribution in [0.4, 0.5) is 0 Å². The summed E-state index contributed by atoms with van der Waals surface area (Å²) in [5.41, 5.74) is 4.02. The highest BCUT2D eigenvalue weighted by Gasteiger charge is 2.10. The van der Waals surface area contributed by atoms with Crippen molar-refractivity contribution in [1.29, 1.82) is 0 Å². The van der Waals surface area contributed by atoms with E-state index >= 15 is 0 Å². The number of aromatic hydroxyl groups is 1. The molecule has 0 atom stereocenters. The number of phenolic OH excluding ortho intramolecular Hbond substituents is 1. The van der Waals surface area contributed by atoms with E-state index in [-0.39, 0.29) is 11.7 Å². The van der Waals surface area contributed by atoms with E-state index in [1.807, 2.05) is 30.3 Å². The molecule has 3 aromatic carbocycles. The first-order chi connectivity index (χ1) is 15.1. The molecule has 0 saturated carbocycles. The Hall–Kier alpha value is -3.31. The zero-order chi connectivity index (χ0) is 21.6. The molecule has 158 valence electrons. The maximum absolute atomic E-state index is 12.1. The van der Waals surface area contributed by atoms with Crippen molar-refractivity contribution in [2.45, 2.75) is 25.7 Å². The number of hydrogen-bond acceptors (Lipinski definition) is 4. The van der Waals surface area contributed by atoms with E-state index in [4.69, 9.17) is 16.0 Å². The van der Waals surface area contributed by atoms with Gasteiger partial charge in [0.25, 0.3) is 5.91 Å². The smallest absolute Gasteiger partial charge is 0.255 e. The van der Waals surface area contributed by atoms with E-state index in [9.17, 15) is 9.90 Å². The van der Waals surface area contributed by atoms with Gasteiger partial charge in [-0.05, 0) is 73.4 Å². The number of oxazole rings is 1. The van der Waals surface area contributed by atoms with Crippen LogP contribution in [-0.2, 0) is 6.42 Å². The molecule has 1 aromatic heterocycles. The number of carbonyl (C=O) groups excluding carboxylic acids is 1. The molecule has 1 heterocycles. The second-order valence-electron chi connectivity index (χ2n) is 7.41. The van der Waals surface area contributed by atoms with Gasteiger partial charge in [0.1, 0.15) is 11.3 Å². The molecule has 0 spiro atoms. The van der Waals surface area contributed by atoms with Gasteiger partial charge in [0.05, 0.1) is 5.56 Å². The normalized spacial score (nSPS) is 11.0. The second-order valence-corrected chi connectivity index (χ2v) is 7.85. The predicted molar refractivity (Wildman–Crippen MR) is 122 cm³/mol. The third-order valence-corrected chi connectivity index (χ3v) is 5.37. The van der Waals surface area contributed by atoms with Crippen molar-refractivity contribution in [1.82, 2.24) is 10.3 Å². The summed E-state index contributed by atoms with van der Waals surface area (Å²) in [5, 5.41) is 13.3. The fraction of sp³-hybridized carbons (Fsp3) is 0.200. The van der Waals surface area contributed by atoms with E-state index in [2.05, 4.69) is 22.4 Å². The number of unbranched alkanes of at least 4 members (excludes halogenated alkanes) is 2. The van der Waals surface area contributed by atoms with Gasteiger partial charge in [-0.2, -0.15) is 0 Å². The van der Waals surface area contributed by atoms with E-state index in [1.54, 1.807) is 18.2 Å². The van der Waals surface area contributed by atoms with Gasteiger partial charge in [-0.15, -0.1) is 0 Å². The van der Waals surface area contributed by atoms with E-state index in [0.717, 1.165) is 42.3 Å². The quantitative estimate of drug-likeness (QED) is 0.333. The SMILES string of the molecule is O=C(NCCCCCc1ccc2oc(-c3ccc(Cl)cc3)nc2c1)c1ccccc1O. The van der Waals surface area contributed by atoms with Crippen molar-refractivity contribution < 1.29 is 14.3 Å². The summed E-state index contributed by atoms with van der Waals surface area (Å²) in [5.74, 6) is 0.345. The lowest BCUT2D eigenvalue weighted by molar-refractivity contribution is 0.0950. The maximum Gasteiger partial charge on any atom is 0.255 e. The van der Waals surface area contributed by atoms with Gasteiger partial charge in [0.2, 0.25) is 5.89 Å². The number of aromatic nitrogens is 1.